The summed E-state index contributed by atoms with van der Waals surface area (Å²) in [4.78, 5) is 22.2. The highest BCUT2D eigenvalue weighted by molar-refractivity contribution is 5.93. The zero-order valence-corrected chi connectivity index (χ0v) is 16.4. The third kappa shape index (κ3) is 4.06. The molecule has 1 N–H and O–H groups in total. The Kier molecular flexibility index (Phi) is 4.98. The summed E-state index contributed by atoms with van der Waals surface area (Å²) in [6, 6.07) is 18.1. The fourth-order valence-corrected chi connectivity index (χ4v) is 3.32. The Morgan fingerprint density at radius 1 is 0.806 bits per heavy atom. The van der Waals surface area contributed by atoms with Crippen LogP contribution in [0.5, 0.6) is 0 Å². The van der Waals surface area contributed by atoms with Gasteiger partial charge in [-0.15, -0.1) is 0 Å². The van der Waals surface area contributed by atoms with Crippen molar-refractivity contribution in [3.63, 3.8) is 0 Å². The lowest BCUT2D eigenvalue weighted by Crippen LogP contribution is -2.06. The molecule has 0 aliphatic rings. The molecule has 0 aliphatic heterocycles. The number of anilines is 1. The van der Waals surface area contributed by atoms with Crippen LogP contribution >= 0.6 is 0 Å². The van der Waals surface area contributed by atoms with E-state index in [0.717, 1.165) is 27.7 Å². The standard InChI is InChI=1S/C24H17FN6/c25-18-5-3-4-16(12-18)17-7-8-20-21(13-17)30-24(22-15-26-10-11-28-22)31-23(20)29-14-19-6-1-2-9-27-19/h1-13,15H,14H2,(H,29,30,31). The molecular formula is C24H17FN6. The Morgan fingerprint density at radius 3 is 2.55 bits per heavy atom. The van der Waals surface area contributed by atoms with E-state index in [-0.39, 0.29) is 5.82 Å². The summed E-state index contributed by atoms with van der Waals surface area (Å²) in [6.07, 6.45) is 6.59. The number of hydrogen-bond donors (Lipinski definition) is 1. The second kappa shape index (κ2) is 8.23. The summed E-state index contributed by atoms with van der Waals surface area (Å²) in [5, 5.41) is 4.21. The molecule has 3 heterocycles. The number of benzene rings is 2. The van der Waals surface area contributed by atoms with Gasteiger partial charge in [-0.05, 0) is 47.5 Å². The quantitative estimate of drug-likeness (QED) is 0.446. The predicted octanol–water partition coefficient (Wildman–Crippen LogP) is 4.90. The maximum absolute atomic E-state index is 13.7. The minimum Gasteiger partial charge on any atom is -0.364 e. The van der Waals surface area contributed by atoms with Gasteiger partial charge in [0.1, 0.15) is 17.3 Å². The lowest BCUT2D eigenvalue weighted by Gasteiger charge is -2.12. The number of nitrogens with one attached hydrogen (secondary N) is 1. The molecule has 0 radical (unpaired) electrons. The Morgan fingerprint density at radius 2 is 1.74 bits per heavy atom. The minimum absolute atomic E-state index is 0.279. The van der Waals surface area contributed by atoms with Crippen molar-refractivity contribution in [2.75, 3.05) is 5.32 Å². The van der Waals surface area contributed by atoms with Crippen LogP contribution in [0.2, 0.25) is 0 Å². The van der Waals surface area contributed by atoms with Crippen molar-refractivity contribution in [2.45, 2.75) is 6.54 Å². The summed E-state index contributed by atoms with van der Waals surface area (Å²) < 4.78 is 13.7. The van der Waals surface area contributed by atoms with E-state index < -0.39 is 0 Å². The summed E-state index contributed by atoms with van der Waals surface area (Å²) in [5.74, 6) is 0.848. The van der Waals surface area contributed by atoms with Crippen molar-refractivity contribution in [3.05, 3.63) is 97.0 Å². The maximum Gasteiger partial charge on any atom is 0.182 e. The highest BCUT2D eigenvalue weighted by Crippen LogP contribution is 2.29. The molecule has 2 aromatic carbocycles. The molecule has 0 unspecified atom stereocenters. The summed E-state index contributed by atoms with van der Waals surface area (Å²) >= 11 is 0. The van der Waals surface area contributed by atoms with Crippen LogP contribution in [0.3, 0.4) is 0 Å². The van der Waals surface area contributed by atoms with Crippen molar-refractivity contribution in [3.8, 4) is 22.6 Å². The van der Waals surface area contributed by atoms with E-state index in [4.69, 9.17) is 9.97 Å². The van der Waals surface area contributed by atoms with E-state index in [9.17, 15) is 4.39 Å². The van der Waals surface area contributed by atoms with Gasteiger partial charge in [-0.1, -0.05) is 24.3 Å². The number of pyridine rings is 1. The summed E-state index contributed by atoms with van der Waals surface area (Å²) in [6.45, 7) is 0.512. The maximum atomic E-state index is 13.7. The van der Waals surface area contributed by atoms with Crippen molar-refractivity contribution in [1.29, 1.82) is 0 Å². The first-order valence-electron chi connectivity index (χ1n) is 9.74. The second-order valence-electron chi connectivity index (χ2n) is 6.90. The van der Waals surface area contributed by atoms with Crippen LogP contribution in [-0.2, 0) is 6.54 Å². The molecule has 0 saturated carbocycles. The van der Waals surface area contributed by atoms with E-state index in [2.05, 4.69) is 20.3 Å². The van der Waals surface area contributed by atoms with Gasteiger partial charge in [0.15, 0.2) is 5.82 Å². The molecule has 0 saturated heterocycles. The van der Waals surface area contributed by atoms with Gasteiger partial charge in [0, 0.05) is 24.0 Å². The highest BCUT2D eigenvalue weighted by Gasteiger charge is 2.12. The monoisotopic (exact) mass is 408 g/mol. The number of nitrogens with zero attached hydrogens (tertiary/aromatic N) is 5. The van der Waals surface area contributed by atoms with Gasteiger partial charge in [0.25, 0.3) is 0 Å². The molecule has 150 valence electrons. The van der Waals surface area contributed by atoms with Gasteiger partial charge < -0.3 is 5.32 Å². The largest absolute Gasteiger partial charge is 0.364 e. The van der Waals surface area contributed by atoms with Crippen molar-refractivity contribution < 1.29 is 4.39 Å². The first-order chi connectivity index (χ1) is 15.3. The molecule has 5 aromatic rings. The first-order valence-corrected chi connectivity index (χ1v) is 9.74. The van der Waals surface area contributed by atoms with Crippen molar-refractivity contribution >= 4 is 16.7 Å². The van der Waals surface area contributed by atoms with E-state index in [0.29, 0.717) is 23.9 Å². The minimum atomic E-state index is -0.279. The molecule has 5 rings (SSSR count). The first kappa shape index (κ1) is 18.7. The molecular weight excluding hydrogens is 391 g/mol. The van der Waals surface area contributed by atoms with Gasteiger partial charge in [-0.25, -0.2) is 19.3 Å². The third-order valence-electron chi connectivity index (χ3n) is 4.81. The molecule has 0 aliphatic carbocycles. The van der Waals surface area contributed by atoms with Crippen LogP contribution in [0.15, 0.2) is 85.5 Å². The fourth-order valence-electron chi connectivity index (χ4n) is 3.32. The zero-order chi connectivity index (χ0) is 21.0. The van der Waals surface area contributed by atoms with Gasteiger partial charge in [0.05, 0.1) is 24.0 Å². The number of fused-ring (bicyclic) bond motifs is 1. The molecule has 0 atom stereocenters. The fraction of sp³-hybridized carbons (Fsp3) is 0.0417. The predicted molar refractivity (Wildman–Crippen MR) is 118 cm³/mol. The van der Waals surface area contributed by atoms with Crippen LogP contribution in [0.1, 0.15) is 5.69 Å². The highest BCUT2D eigenvalue weighted by atomic mass is 19.1. The Bertz CT molecular complexity index is 1340. The zero-order valence-electron chi connectivity index (χ0n) is 16.4. The Hall–Kier alpha value is -4.26. The van der Waals surface area contributed by atoms with Crippen LogP contribution in [0.25, 0.3) is 33.5 Å². The summed E-state index contributed by atoms with van der Waals surface area (Å²) in [5.41, 5.74) is 3.84. The normalized spacial score (nSPS) is 10.9. The third-order valence-corrected chi connectivity index (χ3v) is 4.81. The number of rotatable bonds is 5. The second-order valence-corrected chi connectivity index (χ2v) is 6.90. The molecule has 3 aromatic heterocycles. The van der Waals surface area contributed by atoms with Crippen molar-refractivity contribution in [1.82, 2.24) is 24.9 Å². The SMILES string of the molecule is Fc1cccc(-c2ccc3c(NCc4ccccn4)nc(-c4cnccn4)nc3c2)c1. The topological polar surface area (TPSA) is 76.5 Å². The van der Waals surface area contributed by atoms with Gasteiger partial charge >= 0.3 is 0 Å². The van der Waals surface area contributed by atoms with Gasteiger partial charge in [-0.2, -0.15) is 0 Å². The van der Waals surface area contributed by atoms with E-state index in [1.165, 1.54) is 12.1 Å². The van der Waals surface area contributed by atoms with Gasteiger partial charge in [-0.3, -0.25) is 9.97 Å². The van der Waals surface area contributed by atoms with Crippen LogP contribution in [0, 0.1) is 5.82 Å². The molecule has 0 spiro atoms. The van der Waals surface area contributed by atoms with Crippen LogP contribution < -0.4 is 5.32 Å². The average Bonchev–Trinajstić information content (AvgIpc) is 2.83. The number of aromatic nitrogens is 5. The van der Waals surface area contributed by atoms with Gasteiger partial charge in [0.2, 0.25) is 0 Å². The van der Waals surface area contributed by atoms with E-state index in [1.54, 1.807) is 30.9 Å². The van der Waals surface area contributed by atoms with Crippen LogP contribution in [-0.4, -0.2) is 24.9 Å². The lowest BCUT2D eigenvalue weighted by atomic mass is 10.0. The molecule has 7 heteroatoms. The average molecular weight is 408 g/mol. The molecule has 0 amide bonds. The molecule has 6 nitrogen and oxygen atoms in total. The van der Waals surface area contributed by atoms with E-state index in [1.807, 2.05) is 42.5 Å². The molecule has 31 heavy (non-hydrogen) atoms. The summed E-state index contributed by atoms with van der Waals surface area (Å²) in [7, 11) is 0. The van der Waals surface area contributed by atoms with Crippen molar-refractivity contribution in [2.24, 2.45) is 0 Å². The molecule has 0 fully saturated rings. The number of hydrogen-bond acceptors (Lipinski definition) is 6. The lowest BCUT2D eigenvalue weighted by molar-refractivity contribution is 0.628. The van der Waals surface area contributed by atoms with Crippen LogP contribution in [0.4, 0.5) is 10.2 Å². The Labute approximate surface area is 177 Å². The molecule has 0 bridgehead atoms. The smallest absolute Gasteiger partial charge is 0.182 e. The number of halogens is 1. The van der Waals surface area contributed by atoms with E-state index >= 15 is 0 Å². The Balaban J connectivity index is 1.61.